The Balaban J connectivity index is 2.08. The molecule has 3 heteroatoms. The van der Waals surface area contributed by atoms with E-state index >= 15 is 0 Å². The van der Waals surface area contributed by atoms with Crippen molar-refractivity contribution in [3.05, 3.63) is 21.9 Å². The zero-order valence-corrected chi connectivity index (χ0v) is 12.7. The van der Waals surface area contributed by atoms with E-state index in [1.165, 1.54) is 42.1 Å². The molecule has 0 amide bonds. The number of piperidine rings is 1. The van der Waals surface area contributed by atoms with Crippen molar-refractivity contribution in [2.75, 3.05) is 19.6 Å². The Kier molecular flexibility index (Phi) is 5.22. The highest BCUT2D eigenvalue weighted by Gasteiger charge is 2.25. The minimum absolute atomic E-state index is 0.563. The number of thiophene rings is 1. The van der Waals surface area contributed by atoms with E-state index in [1.807, 2.05) is 11.3 Å². The summed E-state index contributed by atoms with van der Waals surface area (Å²) >= 11 is 1.95. The largest absolute Gasteiger partial charge is 0.315 e. The third-order valence-electron chi connectivity index (χ3n) is 3.89. The van der Waals surface area contributed by atoms with E-state index in [2.05, 4.69) is 43.1 Å². The standard InChI is InChI=1S/C15H26N2S/c1-4-10-17(14-6-5-9-16-11-14)13(3)15-8-7-12(2)18-15/h7-8,13-14,16H,4-6,9-11H2,1-3H3. The molecule has 0 spiro atoms. The Labute approximate surface area is 115 Å². The van der Waals surface area contributed by atoms with Gasteiger partial charge in [0.1, 0.15) is 0 Å². The van der Waals surface area contributed by atoms with Crippen molar-refractivity contribution in [1.29, 1.82) is 0 Å². The summed E-state index contributed by atoms with van der Waals surface area (Å²) in [4.78, 5) is 5.65. The molecule has 102 valence electrons. The van der Waals surface area contributed by atoms with Crippen LogP contribution >= 0.6 is 11.3 Å². The van der Waals surface area contributed by atoms with Crippen molar-refractivity contribution in [3.63, 3.8) is 0 Å². The monoisotopic (exact) mass is 266 g/mol. The average Bonchev–Trinajstić information content (AvgIpc) is 2.83. The number of rotatable bonds is 5. The van der Waals surface area contributed by atoms with Crippen molar-refractivity contribution in [3.8, 4) is 0 Å². The van der Waals surface area contributed by atoms with E-state index in [4.69, 9.17) is 0 Å². The summed E-state index contributed by atoms with van der Waals surface area (Å²) in [6, 6.07) is 5.84. The van der Waals surface area contributed by atoms with Gasteiger partial charge in [-0.15, -0.1) is 11.3 Å². The maximum absolute atomic E-state index is 3.55. The number of aryl methyl sites for hydroxylation is 1. The van der Waals surface area contributed by atoms with Crippen LogP contribution in [0.15, 0.2) is 12.1 Å². The van der Waals surface area contributed by atoms with Gasteiger partial charge in [-0.05, 0) is 58.3 Å². The Bertz CT molecular complexity index is 355. The van der Waals surface area contributed by atoms with Gasteiger partial charge in [0.15, 0.2) is 0 Å². The molecule has 2 atom stereocenters. The van der Waals surface area contributed by atoms with Crippen LogP contribution in [0.3, 0.4) is 0 Å². The molecule has 0 aromatic carbocycles. The van der Waals surface area contributed by atoms with Gasteiger partial charge >= 0.3 is 0 Å². The molecule has 1 aromatic heterocycles. The lowest BCUT2D eigenvalue weighted by molar-refractivity contribution is 0.122. The summed E-state index contributed by atoms with van der Waals surface area (Å²) in [5.41, 5.74) is 0. The zero-order chi connectivity index (χ0) is 13.0. The van der Waals surface area contributed by atoms with Gasteiger partial charge in [-0.3, -0.25) is 4.90 Å². The fourth-order valence-corrected chi connectivity index (χ4v) is 3.86. The molecule has 1 saturated heterocycles. The molecule has 1 aliphatic heterocycles. The van der Waals surface area contributed by atoms with Crippen LogP contribution < -0.4 is 5.32 Å². The van der Waals surface area contributed by atoms with Crippen molar-refractivity contribution < 1.29 is 0 Å². The molecule has 2 rings (SSSR count). The summed E-state index contributed by atoms with van der Waals surface area (Å²) in [5.74, 6) is 0. The molecule has 0 saturated carbocycles. The minimum Gasteiger partial charge on any atom is -0.315 e. The molecule has 0 aliphatic carbocycles. The molecule has 0 bridgehead atoms. The van der Waals surface area contributed by atoms with Gasteiger partial charge in [0.2, 0.25) is 0 Å². The first-order valence-electron chi connectivity index (χ1n) is 7.25. The fourth-order valence-electron chi connectivity index (χ4n) is 2.91. The van der Waals surface area contributed by atoms with Crippen LogP contribution in [0.4, 0.5) is 0 Å². The molecule has 2 heterocycles. The Morgan fingerprint density at radius 2 is 2.33 bits per heavy atom. The van der Waals surface area contributed by atoms with Gasteiger partial charge in [0.05, 0.1) is 0 Å². The van der Waals surface area contributed by atoms with Gasteiger partial charge in [-0.1, -0.05) is 6.92 Å². The first-order chi connectivity index (χ1) is 8.72. The van der Waals surface area contributed by atoms with Crippen molar-refractivity contribution in [2.45, 2.75) is 52.1 Å². The third kappa shape index (κ3) is 3.34. The average molecular weight is 266 g/mol. The van der Waals surface area contributed by atoms with Crippen LogP contribution in [0, 0.1) is 6.92 Å². The molecular weight excluding hydrogens is 240 g/mol. The van der Waals surface area contributed by atoms with Gasteiger partial charge in [-0.2, -0.15) is 0 Å². The number of nitrogens with one attached hydrogen (secondary N) is 1. The predicted octanol–water partition coefficient (Wildman–Crippen LogP) is 3.58. The Hall–Kier alpha value is -0.380. The first-order valence-corrected chi connectivity index (χ1v) is 8.06. The van der Waals surface area contributed by atoms with E-state index in [9.17, 15) is 0 Å². The second-order valence-corrected chi connectivity index (χ2v) is 6.68. The maximum Gasteiger partial charge on any atom is 0.0416 e. The molecule has 1 fully saturated rings. The van der Waals surface area contributed by atoms with Crippen LogP contribution in [-0.2, 0) is 0 Å². The van der Waals surface area contributed by atoms with Gasteiger partial charge in [0.25, 0.3) is 0 Å². The van der Waals surface area contributed by atoms with Gasteiger partial charge < -0.3 is 5.32 Å². The molecule has 1 aliphatic rings. The highest BCUT2D eigenvalue weighted by atomic mass is 32.1. The molecule has 2 nitrogen and oxygen atoms in total. The summed E-state index contributed by atoms with van der Waals surface area (Å²) in [7, 11) is 0. The smallest absolute Gasteiger partial charge is 0.0416 e. The van der Waals surface area contributed by atoms with E-state index in [1.54, 1.807) is 0 Å². The first kappa shape index (κ1) is 14.0. The number of hydrogen-bond acceptors (Lipinski definition) is 3. The zero-order valence-electron chi connectivity index (χ0n) is 11.9. The SMILES string of the molecule is CCCN(C1CCCNC1)C(C)c1ccc(C)s1. The number of hydrogen-bond donors (Lipinski definition) is 1. The van der Waals surface area contributed by atoms with Crippen LogP contribution in [-0.4, -0.2) is 30.6 Å². The van der Waals surface area contributed by atoms with Gasteiger partial charge in [-0.25, -0.2) is 0 Å². The lowest BCUT2D eigenvalue weighted by Gasteiger charge is -2.38. The fraction of sp³-hybridized carbons (Fsp3) is 0.733. The van der Waals surface area contributed by atoms with Crippen LogP contribution in [0.1, 0.15) is 48.9 Å². The number of nitrogens with zero attached hydrogens (tertiary/aromatic N) is 1. The molecular formula is C15H26N2S. The summed E-state index contributed by atoms with van der Waals surface area (Å²) in [5, 5.41) is 3.55. The van der Waals surface area contributed by atoms with Crippen molar-refractivity contribution >= 4 is 11.3 Å². The predicted molar refractivity (Wildman–Crippen MR) is 80.4 cm³/mol. The molecule has 18 heavy (non-hydrogen) atoms. The second kappa shape index (κ2) is 6.69. The van der Waals surface area contributed by atoms with Crippen molar-refractivity contribution in [1.82, 2.24) is 10.2 Å². The minimum atomic E-state index is 0.563. The summed E-state index contributed by atoms with van der Waals surface area (Å²) in [6.45, 7) is 10.4. The molecule has 2 unspecified atom stereocenters. The van der Waals surface area contributed by atoms with Crippen LogP contribution in [0.5, 0.6) is 0 Å². The summed E-state index contributed by atoms with van der Waals surface area (Å²) < 4.78 is 0. The normalized spacial score (nSPS) is 22.3. The highest BCUT2D eigenvalue weighted by molar-refractivity contribution is 7.12. The van der Waals surface area contributed by atoms with Crippen LogP contribution in [0.2, 0.25) is 0 Å². The molecule has 0 radical (unpaired) electrons. The molecule has 1 N–H and O–H groups in total. The van der Waals surface area contributed by atoms with E-state index in [0.717, 1.165) is 12.6 Å². The topological polar surface area (TPSA) is 15.3 Å². The summed E-state index contributed by atoms with van der Waals surface area (Å²) in [6.07, 6.45) is 3.91. The molecule has 1 aromatic rings. The van der Waals surface area contributed by atoms with E-state index < -0.39 is 0 Å². The second-order valence-electron chi connectivity index (χ2n) is 5.36. The van der Waals surface area contributed by atoms with Crippen molar-refractivity contribution in [2.24, 2.45) is 0 Å². The van der Waals surface area contributed by atoms with E-state index in [0.29, 0.717) is 6.04 Å². The lowest BCUT2D eigenvalue weighted by Crippen LogP contribution is -2.47. The maximum atomic E-state index is 3.55. The Morgan fingerprint density at radius 1 is 1.50 bits per heavy atom. The highest BCUT2D eigenvalue weighted by Crippen LogP contribution is 2.30. The quantitative estimate of drug-likeness (QED) is 0.876. The van der Waals surface area contributed by atoms with Crippen LogP contribution in [0.25, 0.3) is 0 Å². The third-order valence-corrected chi connectivity index (χ3v) is 5.06. The van der Waals surface area contributed by atoms with Gasteiger partial charge in [0, 0.05) is 28.4 Å². The van der Waals surface area contributed by atoms with E-state index in [-0.39, 0.29) is 0 Å². The Morgan fingerprint density at radius 3 is 2.89 bits per heavy atom. The lowest BCUT2D eigenvalue weighted by atomic mass is 10.0.